The van der Waals surface area contributed by atoms with Gasteiger partial charge >= 0.3 is 13.3 Å². The van der Waals surface area contributed by atoms with Crippen LogP contribution in [0, 0.1) is 6.92 Å². The SMILES string of the molecule is Cc1ccc(OC(=O)P(=O)(O)O)cc1.[Na].[Na]. The molecule has 0 aromatic heterocycles. The van der Waals surface area contributed by atoms with Crippen molar-refractivity contribution in [1.82, 2.24) is 0 Å². The van der Waals surface area contributed by atoms with E-state index < -0.39 is 13.3 Å². The minimum Gasteiger partial charge on any atom is -0.417 e. The number of carbonyl (C=O) groups is 1. The van der Waals surface area contributed by atoms with Gasteiger partial charge in [0.2, 0.25) is 0 Å². The van der Waals surface area contributed by atoms with E-state index in [0.717, 1.165) is 5.56 Å². The van der Waals surface area contributed by atoms with Crippen LogP contribution in [-0.4, -0.2) is 74.6 Å². The second-order valence-electron chi connectivity index (χ2n) is 2.73. The van der Waals surface area contributed by atoms with Crippen LogP contribution in [0.2, 0.25) is 0 Å². The van der Waals surface area contributed by atoms with E-state index in [1.165, 1.54) is 12.1 Å². The molecule has 0 bridgehead atoms. The van der Waals surface area contributed by atoms with Gasteiger partial charge in [0, 0.05) is 59.1 Å². The average Bonchev–Trinajstić information content (AvgIpc) is 2.07. The van der Waals surface area contributed by atoms with E-state index in [2.05, 4.69) is 4.74 Å². The van der Waals surface area contributed by atoms with Gasteiger partial charge in [-0.15, -0.1) is 0 Å². The summed E-state index contributed by atoms with van der Waals surface area (Å²) >= 11 is 0. The third-order valence-electron chi connectivity index (χ3n) is 1.46. The summed E-state index contributed by atoms with van der Waals surface area (Å²) in [4.78, 5) is 27.6. The van der Waals surface area contributed by atoms with Crippen molar-refractivity contribution in [3.05, 3.63) is 29.8 Å². The second-order valence-corrected chi connectivity index (χ2v) is 4.18. The number of hydrogen-bond acceptors (Lipinski definition) is 3. The maximum Gasteiger partial charge on any atom is 0.433 e. The Morgan fingerprint density at radius 2 is 1.62 bits per heavy atom. The van der Waals surface area contributed by atoms with Gasteiger partial charge in [0.25, 0.3) is 0 Å². The Labute approximate surface area is 137 Å². The Morgan fingerprint density at radius 1 is 1.19 bits per heavy atom. The van der Waals surface area contributed by atoms with Crippen molar-refractivity contribution in [1.29, 1.82) is 0 Å². The predicted octanol–water partition coefficient (Wildman–Crippen LogP) is 0.910. The van der Waals surface area contributed by atoms with E-state index in [9.17, 15) is 9.36 Å². The van der Waals surface area contributed by atoms with Gasteiger partial charge in [-0.25, -0.2) is 9.36 Å². The van der Waals surface area contributed by atoms with Crippen LogP contribution < -0.4 is 4.74 Å². The Kier molecular flexibility index (Phi) is 9.63. The standard InChI is InChI=1S/C8H9O5P.2Na/c1-6-2-4-7(5-3-6)13-8(9)14(10,11)12;;/h2-5H,1H3,(H2,10,11,12);;. The molecule has 0 amide bonds. The van der Waals surface area contributed by atoms with E-state index >= 15 is 0 Å². The molecule has 0 aliphatic carbocycles. The molecular weight excluding hydrogens is 253 g/mol. The molecule has 0 unspecified atom stereocenters. The number of aryl methyl sites for hydroxylation is 1. The first-order valence-corrected chi connectivity index (χ1v) is 5.35. The first-order chi connectivity index (χ1) is 6.39. The molecule has 0 spiro atoms. The predicted molar refractivity (Wildman–Crippen MR) is 60.8 cm³/mol. The maximum absolute atomic E-state index is 10.7. The van der Waals surface area contributed by atoms with Crippen molar-refractivity contribution in [3.8, 4) is 5.75 Å². The fourth-order valence-electron chi connectivity index (χ4n) is 0.767. The third-order valence-corrected chi connectivity index (χ3v) is 2.03. The van der Waals surface area contributed by atoms with Crippen LogP contribution in [0.5, 0.6) is 5.75 Å². The van der Waals surface area contributed by atoms with Crippen molar-refractivity contribution in [2.75, 3.05) is 0 Å². The fraction of sp³-hybridized carbons (Fsp3) is 0.125. The van der Waals surface area contributed by atoms with Crippen LogP contribution in [-0.2, 0) is 4.57 Å². The smallest absolute Gasteiger partial charge is 0.417 e. The molecule has 0 aliphatic rings. The third kappa shape index (κ3) is 6.55. The first-order valence-electron chi connectivity index (χ1n) is 3.74. The summed E-state index contributed by atoms with van der Waals surface area (Å²) in [5.74, 6) is 0.115. The zero-order chi connectivity index (χ0) is 10.8. The molecule has 2 N–H and O–H groups in total. The number of benzene rings is 1. The summed E-state index contributed by atoms with van der Waals surface area (Å²) in [6, 6.07) is 6.26. The van der Waals surface area contributed by atoms with Crippen molar-refractivity contribution in [2.24, 2.45) is 0 Å². The largest absolute Gasteiger partial charge is 0.433 e. The molecule has 16 heavy (non-hydrogen) atoms. The Balaban J connectivity index is 0. The summed E-state index contributed by atoms with van der Waals surface area (Å²) in [6.45, 7) is 1.84. The molecule has 0 saturated carbocycles. The fourth-order valence-corrected chi connectivity index (χ4v) is 0.991. The van der Waals surface area contributed by atoms with E-state index in [-0.39, 0.29) is 64.9 Å². The molecular formula is C8H9Na2O5P. The number of rotatable bonds is 2. The molecule has 1 aromatic carbocycles. The van der Waals surface area contributed by atoms with Crippen LogP contribution in [0.25, 0.3) is 0 Å². The van der Waals surface area contributed by atoms with Gasteiger partial charge in [0.05, 0.1) is 0 Å². The molecule has 0 saturated heterocycles. The zero-order valence-corrected chi connectivity index (χ0v) is 14.3. The van der Waals surface area contributed by atoms with Crippen LogP contribution >= 0.6 is 7.60 Å². The summed E-state index contributed by atoms with van der Waals surface area (Å²) < 4.78 is 14.9. The molecule has 5 nitrogen and oxygen atoms in total. The van der Waals surface area contributed by atoms with Gasteiger partial charge in [-0.1, -0.05) is 17.7 Å². The number of carbonyl (C=O) groups excluding carboxylic acids is 1. The number of ether oxygens (including phenoxy) is 1. The monoisotopic (exact) mass is 262 g/mol. The molecule has 0 fully saturated rings. The van der Waals surface area contributed by atoms with Gasteiger partial charge in [-0.3, -0.25) is 0 Å². The maximum atomic E-state index is 10.7. The number of hydrogen-bond donors (Lipinski definition) is 2. The normalized spacial score (nSPS) is 9.69. The van der Waals surface area contributed by atoms with Gasteiger partial charge in [-0.05, 0) is 19.1 Å². The second kappa shape index (κ2) is 8.03. The van der Waals surface area contributed by atoms with Gasteiger partial charge in [0.15, 0.2) is 0 Å². The summed E-state index contributed by atoms with van der Waals surface area (Å²) in [5.41, 5.74) is -0.581. The van der Waals surface area contributed by atoms with E-state index in [0.29, 0.717) is 0 Å². The minimum atomic E-state index is -4.80. The quantitative estimate of drug-likeness (QED) is 0.611. The van der Waals surface area contributed by atoms with Crippen LogP contribution in [0.1, 0.15) is 5.56 Å². The summed E-state index contributed by atoms with van der Waals surface area (Å²) in [7, 11) is -4.80. The molecule has 8 heteroatoms. The Hall–Kier alpha value is 0.840. The zero-order valence-electron chi connectivity index (χ0n) is 9.38. The first kappa shape index (κ1) is 19.2. The molecule has 2 radical (unpaired) electrons. The van der Waals surface area contributed by atoms with E-state index in [1.54, 1.807) is 12.1 Å². The molecule has 0 aliphatic heterocycles. The summed E-state index contributed by atoms with van der Waals surface area (Å²) in [6.07, 6.45) is 0. The minimum absolute atomic E-state index is 0. The van der Waals surface area contributed by atoms with E-state index in [4.69, 9.17) is 9.79 Å². The molecule has 0 atom stereocenters. The van der Waals surface area contributed by atoms with Crippen LogP contribution in [0.3, 0.4) is 0 Å². The van der Waals surface area contributed by atoms with Crippen LogP contribution in [0.4, 0.5) is 4.79 Å². The van der Waals surface area contributed by atoms with Gasteiger partial charge < -0.3 is 14.5 Å². The summed E-state index contributed by atoms with van der Waals surface area (Å²) in [5, 5.41) is 0. The van der Waals surface area contributed by atoms with E-state index in [1.807, 2.05) is 6.92 Å². The molecule has 0 heterocycles. The topological polar surface area (TPSA) is 83.8 Å². The average molecular weight is 262 g/mol. The molecule has 78 valence electrons. The van der Waals surface area contributed by atoms with Crippen LogP contribution in [0.15, 0.2) is 24.3 Å². The van der Waals surface area contributed by atoms with Gasteiger partial charge in [-0.2, -0.15) is 0 Å². The molecule has 1 rings (SSSR count). The van der Waals surface area contributed by atoms with Crippen molar-refractivity contribution in [3.63, 3.8) is 0 Å². The Morgan fingerprint density at radius 3 is 2.00 bits per heavy atom. The van der Waals surface area contributed by atoms with Crippen molar-refractivity contribution in [2.45, 2.75) is 6.92 Å². The van der Waals surface area contributed by atoms with Gasteiger partial charge in [0.1, 0.15) is 5.75 Å². The Bertz CT molecular complexity index is 386. The van der Waals surface area contributed by atoms with Crippen molar-refractivity contribution >= 4 is 72.4 Å². The molecule has 1 aromatic rings. The van der Waals surface area contributed by atoms with Crippen molar-refractivity contribution < 1.29 is 23.9 Å².